The van der Waals surface area contributed by atoms with E-state index in [1.165, 1.54) is 6.33 Å². The van der Waals surface area contributed by atoms with Crippen LogP contribution >= 0.6 is 0 Å². The van der Waals surface area contributed by atoms with Crippen LogP contribution in [0.2, 0.25) is 0 Å². The van der Waals surface area contributed by atoms with Gasteiger partial charge < -0.3 is 15.5 Å². The normalized spacial score (nSPS) is 10.9. The van der Waals surface area contributed by atoms with Gasteiger partial charge in [0.1, 0.15) is 24.3 Å². The average molecular weight is 268 g/mol. The molecule has 102 valence electrons. The van der Waals surface area contributed by atoms with Crippen LogP contribution in [0.15, 0.2) is 36.8 Å². The molecular weight excluding hydrogens is 252 g/mol. The van der Waals surface area contributed by atoms with E-state index in [1.54, 1.807) is 0 Å². The molecule has 0 unspecified atom stereocenters. The Morgan fingerprint density at radius 2 is 2.10 bits per heavy atom. The fourth-order valence-corrected chi connectivity index (χ4v) is 2.23. The predicted octanol–water partition coefficient (Wildman–Crippen LogP) is 2.30. The first kappa shape index (κ1) is 12.6. The van der Waals surface area contributed by atoms with Gasteiger partial charge in [0.05, 0.1) is 5.69 Å². The minimum atomic E-state index is 0.398. The van der Waals surface area contributed by atoms with Gasteiger partial charge in [0, 0.05) is 18.1 Å². The Bertz CT molecular complexity index is 736. The molecule has 0 bridgehead atoms. The van der Waals surface area contributed by atoms with Crippen molar-refractivity contribution in [2.75, 3.05) is 0 Å². The lowest BCUT2D eigenvalue weighted by Crippen LogP contribution is -2.03. The van der Waals surface area contributed by atoms with Gasteiger partial charge in [0.2, 0.25) is 0 Å². The Kier molecular flexibility index (Phi) is 3.35. The molecule has 2 aromatic heterocycles. The van der Waals surface area contributed by atoms with Gasteiger partial charge in [-0.05, 0) is 24.1 Å². The largest absolute Gasteiger partial charge is 0.487 e. The van der Waals surface area contributed by atoms with E-state index in [0.29, 0.717) is 13.2 Å². The second-order valence-electron chi connectivity index (χ2n) is 4.62. The summed E-state index contributed by atoms with van der Waals surface area (Å²) in [5.74, 6) is 0.865. The van der Waals surface area contributed by atoms with Gasteiger partial charge in [-0.2, -0.15) is 0 Å². The molecule has 5 nitrogen and oxygen atoms in total. The number of aryl methyl sites for hydroxylation is 1. The van der Waals surface area contributed by atoms with Crippen LogP contribution in [0.1, 0.15) is 16.8 Å². The van der Waals surface area contributed by atoms with E-state index >= 15 is 0 Å². The minimum absolute atomic E-state index is 0.398. The summed E-state index contributed by atoms with van der Waals surface area (Å²) in [4.78, 5) is 11.6. The zero-order valence-electron chi connectivity index (χ0n) is 11.3. The topological polar surface area (TPSA) is 76.8 Å². The number of fused-ring (bicyclic) bond motifs is 1. The van der Waals surface area contributed by atoms with Gasteiger partial charge in [0.15, 0.2) is 0 Å². The molecule has 0 saturated carbocycles. The number of nitrogens with zero attached hydrogens (tertiary/aromatic N) is 2. The monoisotopic (exact) mass is 268 g/mol. The van der Waals surface area contributed by atoms with Crippen LogP contribution in [0, 0.1) is 6.92 Å². The van der Waals surface area contributed by atoms with E-state index in [0.717, 1.165) is 33.6 Å². The fraction of sp³-hybridized carbons (Fsp3) is 0.200. The number of rotatable bonds is 4. The quantitative estimate of drug-likeness (QED) is 0.761. The molecular formula is C15H16N4O. The van der Waals surface area contributed by atoms with E-state index < -0.39 is 0 Å². The molecule has 0 aliphatic carbocycles. The Morgan fingerprint density at radius 3 is 2.90 bits per heavy atom. The lowest BCUT2D eigenvalue weighted by Gasteiger charge is -2.09. The van der Waals surface area contributed by atoms with Crippen molar-refractivity contribution in [1.29, 1.82) is 0 Å². The highest BCUT2D eigenvalue weighted by Crippen LogP contribution is 2.22. The molecule has 2 heterocycles. The summed E-state index contributed by atoms with van der Waals surface area (Å²) in [6.45, 7) is 2.87. The van der Waals surface area contributed by atoms with Crippen LogP contribution in [-0.4, -0.2) is 15.0 Å². The molecule has 0 atom stereocenters. The Labute approximate surface area is 116 Å². The second-order valence-corrected chi connectivity index (χ2v) is 4.62. The van der Waals surface area contributed by atoms with Crippen LogP contribution in [0.5, 0.6) is 5.75 Å². The van der Waals surface area contributed by atoms with Crippen molar-refractivity contribution in [3.05, 3.63) is 53.6 Å². The summed E-state index contributed by atoms with van der Waals surface area (Å²) >= 11 is 0. The highest BCUT2D eigenvalue weighted by molar-refractivity contribution is 5.81. The molecule has 1 aromatic carbocycles. The SMILES string of the molecule is Cc1ccccc1OCc1ncnc2[nH]cc(CN)c12. The molecule has 5 heteroatoms. The van der Waals surface area contributed by atoms with Gasteiger partial charge in [-0.15, -0.1) is 0 Å². The first-order valence-electron chi connectivity index (χ1n) is 6.48. The Hall–Kier alpha value is -2.40. The number of nitrogens with one attached hydrogen (secondary N) is 1. The number of para-hydroxylation sites is 1. The third-order valence-corrected chi connectivity index (χ3v) is 3.31. The maximum atomic E-state index is 5.85. The number of benzene rings is 1. The van der Waals surface area contributed by atoms with Crippen molar-refractivity contribution in [2.24, 2.45) is 5.73 Å². The van der Waals surface area contributed by atoms with Gasteiger partial charge in [0.25, 0.3) is 0 Å². The van der Waals surface area contributed by atoms with Crippen molar-refractivity contribution in [2.45, 2.75) is 20.1 Å². The lowest BCUT2D eigenvalue weighted by atomic mass is 10.2. The van der Waals surface area contributed by atoms with Crippen molar-refractivity contribution >= 4 is 11.0 Å². The van der Waals surface area contributed by atoms with Gasteiger partial charge >= 0.3 is 0 Å². The van der Waals surface area contributed by atoms with Crippen LogP contribution < -0.4 is 10.5 Å². The van der Waals surface area contributed by atoms with Crippen LogP contribution in [0.25, 0.3) is 11.0 Å². The highest BCUT2D eigenvalue weighted by atomic mass is 16.5. The summed E-state index contributed by atoms with van der Waals surface area (Å²) in [5.41, 5.74) is 9.49. The fourth-order valence-electron chi connectivity index (χ4n) is 2.23. The third kappa shape index (κ3) is 2.23. The van der Waals surface area contributed by atoms with E-state index in [1.807, 2.05) is 37.4 Å². The van der Waals surface area contributed by atoms with E-state index in [2.05, 4.69) is 15.0 Å². The van der Waals surface area contributed by atoms with Gasteiger partial charge in [-0.1, -0.05) is 18.2 Å². The number of H-pyrrole nitrogens is 1. The van der Waals surface area contributed by atoms with Crippen LogP contribution in [0.3, 0.4) is 0 Å². The molecule has 0 saturated heterocycles. The number of aromatic amines is 1. The molecule has 3 rings (SSSR count). The smallest absolute Gasteiger partial charge is 0.141 e. The summed E-state index contributed by atoms with van der Waals surface area (Å²) in [7, 11) is 0. The molecule has 3 aromatic rings. The molecule has 0 spiro atoms. The summed E-state index contributed by atoms with van der Waals surface area (Å²) in [6.07, 6.45) is 3.41. The molecule has 3 N–H and O–H groups in total. The van der Waals surface area contributed by atoms with E-state index in [9.17, 15) is 0 Å². The van der Waals surface area contributed by atoms with Crippen molar-refractivity contribution < 1.29 is 4.74 Å². The number of ether oxygens (including phenoxy) is 1. The molecule has 0 radical (unpaired) electrons. The van der Waals surface area contributed by atoms with Crippen molar-refractivity contribution in [1.82, 2.24) is 15.0 Å². The zero-order chi connectivity index (χ0) is 13.9. The van der Waals surface area contributed by atoms with Crippen molar-refractivity contribution in [3.8, 4) is 5.75 Å². The highest BCUT2D eigenvalue weighted by Gasteiger charge is 2.10. The van der Waals surface area contributed by atoms with Gasteiger partial charge in [-0.25, -0.2) is 9.97 Å². The maximum Gasteiger partial charge on any atom is 0.141 e. The number of hydrogen-bond donors (Lipinski definition) is 2. The number of hydrogen-bond acceptors (Lipinski definition) is 4. The standard InChI is InChI=1S/C15H16N4O/c1-10-4-2-3-5-13(10)20-8-12-14-11(6-16)7-17-15(14)19-9-18-12/h2-5,7,9H,6,8,16H2,1H3,(H,17,18,19). The summed E-state index contributed by atoms with van der Waals surface area (Å²) in [5, 5.41) is 0.962. The second kappa shape index (κ2) is 5.30. The third-order valence-electron chi connectivity index (χ3n) is 3.31. The summed E-state index contributed by atoms with van der Waals surface area (Å²) in [6, 6.07) is 7.92. The van der Waals surface area contributed by atoms with Crippen LogP contribution in [-0.2, 0) is 13.2 Å². The van der Waals surface area contributed by atoms with Gasteiger partial charge in [-0.3, -0.25) is 0 Å². The first-order valence-corrected chi connectivity index (χ1v) is 6.48. The molecule has 20 heavy (non-hydrogen) atoms. The predicted molar refractivity (Wildman–Crippen MR) is 77.3 cm³/mol. The summed E-state index contributed by atoms with van der Waals surface area (Å²) < 4.78 is 5.85. The average Bonchev–Trinajstić information content (AvgIpc) is 2.90. The molecule has 0 amide bonds. The van der Waals surface area contributed by atoms with Crippen molar-refractivity contribution in [3.63, 3.8) is 0 Å². The first-order chi connectivity index (χ1) is 9.79. The minimum Gasteiger partial charge on any atom is -0.487 e. The Morgan fingerprint density at radius 1 is 1.25 bits per heavy atom. The molecule has 0 aliphatic rings. The van der Waals surface area contributed by atoms with Crippen LogP contribution in [0.4, 0.5) is 0 Å². The maximum absolute atomic E-state index is 5.85. The Balaban J connectivity index is 1.91. The zero-order valence-corrected chi connectivity index (χ0v) is 11.3. The lowest BCUT2D eigenvalue weighted by molar-refractivity contribution is 0.300. The van der Waals surface area contributed by atoms with E-state index in [4.69, 9.17) is 10.5 Å². The van der Waals surface area contributed by atoms with E-state index in [-0.39, 0.29) is 0 Å². The number of aromatic nitrogens is 3. The molecule has 0 aliphatic heterocycles. The number of nitrogens with two attached hydrogens (primary N) is 1. The molecule has 0 fully saturated rings.